The molecule has 8 nitrogen and oxygen atoms in total. The Kier molecular flexibility index (Phi) is 7.12. The van der Waals surface area contributed by atoms with E-state index in [1.807, 2.05) is 25.1 Å². The lowest BCUT2D eigenvalue weighted by molar-refractivity contribution is -0.125. The number of carbonyl (C=O) groups is 1. The van der Waals surface area contributed by atoms with Gasteiger partial charge in [0.05, 0.1) is 26.7 Å². The second kappa shape index (κ2) is 10.7. The number of benzene rings is 2. The predicted octanol–water partition coefficient (Wildman–Crippen LogP) is 8.35. The molecule has 2 aromatic heterocycles. The highest BCUT2D eigenvalue weighted by Crippen LogP contribution is 2.60. The van der Waals surface area contributed by atoms with Gasteiger partial charge in [0.15, 0.2) is 5.69 Å². The van der Waals surface area contributed by atoms with E-state index < -0.39 is 17.0 Å². The monoisotopic (exact) mass is 653 g/mol. The number of aliphatic hydroxyl groups is 1. The van der Waals surface area contributed by atoms with Gasteiger partial charge in [0.2, 0.25) is 0 Å². The standard InChI is InChI=1S/C33H30Cl3N3O5/c1-32(33(42)14-19(15-33)18-8-9-21-25(12-18)39(2)37-29(21)31(40)41)11-10-20(13-26(32)36)43-16-22-28(38-44-30(22)17-6-7-17)27-23(34)4-3-5-24(27)35/h3-5,8-10,12-13,17,19,42H,6-7,11,14-16H2,1-2H3,(H,40,41). The highest BCUT2D eigenvalue weighted by molar-refractivity contribution is 6.39. The summed E-state index contributed by atoms with van der Waals surface area (Å²) >= 11 is 19.9. The van der Waals surface area contributed by atoms with Crippen LogP contribution in [0.1, 0.15) is 78.2 Å². The highest BCUT2D eigenvalue weighted by atomic mass is 35.5. The van der Waals surface area contributed by atoms with Crippen molar-refractivity contribution in [1.82, 2.24) is 14.9 Å². The summed E-state index contributed by atoms with van der Waals surface area (Å²) in [5.41, 5.74) is 2.15. The summed E-state index contributed by atoms with van der Waals surface area (Å²) < 4.78 is 13.6. The number of aromatic nitrogens is 3. The van der Waals surface area contributed by atoms with Crippen LogP contribution in [-0.4, -0.2) is 36.7 Å². The number of nitrogens with zero attached hydrogens (tertiary/aromatic N) is 3. The number of ether oxygens (including phenoxy) is 1. The number of aryl methyl sites for hydroxylation is 1. The summed E-state index contributed by atoms with van der Waals surface area (Å²) in [6.45, 7) is 2.20. The number of hydrogen-bond acceptors (Lipinski definition) is 6. The fourth-order valence-electron chi connectivity index (χ4n) is 6.59. The van der Waals surface area contributed by atoms with Crippen LogP contribution in [-0.2, 0) is 18.4 Å². The lowest BCUT2D eigenvalue weighted by Gasteiger charge is -2.55. The molecule has 0 saturated heterocycles. The molecule has 2 saturated carbocycles. The third-order valence-electron chi connectivity index (χ3n) is 9.60. The van der Waals surface area contributed by atoms with Gasteiger partial charge < -0.3 is 19.5 Å². The highest BCUT2D eigenvalue weighted by Gasteiger charge is 2.57. The Labute approximate surface area is 268 Å². The summed E-state index contributed by atoms with van der Waals surface area (Å²) in [4.78, 5) is 11.6. The molecule has 0 amide bonds. The summed E-state index contributed by atoms with van der Waals surface area (Å²) in [5, 5.41) is 31.8. The van der Waals surface area contributed by atoms with Crippen molar-refractivity contribution >= 4 is 51.7 Å². The van der Waals surface area contributed by atoms with Crippen molar-refractivity contribution in [2.45, 2.75) is 63.1 Å². The van der Waals surface area contributed by atoms with Crippen LogP contribution in [0.15, 0.2) is 63.9 Å². The molecule has 0 spiro atoms. The normalized spacial score (nSPS) is 25.0. The summed E-state index contributed by atoms with van der Waals surface area (Å²) in [5.74, 6) is 0.768. The van der Waals surface area contributed by atoms with E-state index >= 15 is 0 Å². The van der Waals surface area contributed by atoms with Crippen LogP contribution >= 0.6 is 34.8 Å². The van der Waals surface area contributed by atoms with Crippen molar-refractivity contribution in [1.29, 1.82) is 0 Å². The van der Waals surface area contributed by atoms with E-state index in [1.165, 1.54) is 0 Å². The van der Waals surface area contributed by atoms with Crippen LogP contribution in [0, 0.1) is 5.41 Å². The van der Waals surface area contributed by atoms with E-state index in [0.29, 0.717) is 62.7 Å². The van der Waals surface area contributed by atoms with Gasteiger partial charge in [0.1, 0.15) is 23.8 Å². The second-order valence-electron chi connectivity index (χ2n) is 12.4. The van der Waals surface area contributed by atoms with Gasteiger partial charge >= 0.3 is 5.97 Å². The summed E-state index contributed by atoms with van der Waals surface area (Å²) in [6.07, 6.45) is 7.38. The maximum Gasteiger partial charge on any atom is 0.357 e. The zero-order valence-corrected chi connectivity index (χ0v) is 26.4. The third-order valence-corrected chi connectivity index (χ3v) is 10.8. The fraction of sp³-hybridized carbons (Fsp3) is 0.364. The Hall–Kier alpha value is -3.30. The molecule has 2 aromatic carbocycles. The number of carboxylic acid groups (broad SMARTS) is 1. The van der Waals surface area contributed by atoms with Crippen molar-refractivity contribution in [3.63, 3.8) is 0 Å². The number of carboxylic acids is 1. The van der Waals surface area contributed by atoms with E-state index in [-0.39, 0.29) is 18.2 Å². The maximum atomic E-state index is 11.8. The zero-order valence-electron chi connectivity index (χ0n) is 24.1. The Bertz CT molecular complexity index is 1860. The van der Waals surface area contributed by atoms with E-state index in [2.05, 4.69) is 10.3 Å². The van der Waals surface area contributed by atoms with Crippen LogP contribution in [0.4, 0.5) is 0 Å². The molecular weight excluding hydrogens is 625 g/mol. The molecule has 11 heteroatoms. The van der Waals surface area contributed by atoms with E-state index in [1.54, 1.807) is 42.1 Å². The van der Waals surface area contributed by atoms with Crippen LogP contribution < -0.4 is 0 Å². The molecule has 1 atom stereocenters. The molecule has 2 fully saturated rings. The minimum Gasteiger partial charge on any atom is -0.489 e. The quantitative estimate of drug-likeness (QED) is 0.196. The number of allylic oxidation sites excluding steroid dienone is 2. The van der Waals surface area contributed by atoms with E-state index in [4.69, 9.17) is 44.1 Å². The van der Waals surface area contributed by atoms with Crippen LogP contribution in [0.25, 0.3) is 22.2 Å². The van der Waals surface area contributed by atoms with E-state index in [0.717, 1.165) is 35.2 Å². The van der Waals surface area contributed by atoms with Crippen LogP contribution in [0.2, 0.25) is 10.0 Å². The van der Waals surface area contributed by atoms with Crippen LogP contribution in [0.3, 0.4) is 0 Å². The molecule has 4 aromatic rings. The largest absolute Gasteiger partial charge is 0.489 e. The van der Waals surface area contributed by atoms with Gasteiger partial charge in [-0.15, -0.1) is 0 Å². The minimum absolute atomic E-state index is 0.0345. The second-order valence-corrected chi connectivity index (χ2v) is 13.6. The summed E-state index contributed by atoms with van der Waals surface area (Å²) in [7, 11) is 1.73. The molecule has 228 valence electrons. The fourth-order valence-corrected chi connectivity index (χ4v) is 7.53. The lowest BCUT2D eigenvalue weighted by Crippen LogP contribution is -2.55. The minimum atomic E-state index is -1.06. The Balaban J connectivity index is 1.07. The Morgan fingerprint density at radius 1 is 1.14 bits per heavy atom. The number of fused-ring (bicyclic) bond motifs is 1. The predicted molar refractivity (Wildman–Crippen MR) is 168 cm³/mol. The molecule has 0 aliphatic heterocycles. The number of rotatable bonds is 8. The molecule has 7 rings (SSSR count). The van der Waals surface area contributed by atoms with Crippen molar-refractivity contribution in [2.75, 3.05) is 0 Å². The molecule has 2 heterocycles. The zero-order chi connectivity index (χ0) is 31.0. The first-order valence-corrected chi connectivity index (χ1v) is 15.7. The lowest BCUT2D eigenvalue weighted by atomic mass is 9.54. The van der Waals surface area contributed by atoms with Crippen molar-refractivity contribution in [3.05, 3.63) is 92.0 Å². The molecule has 0 radical (unpaired) electrons. The molecule has 44 heavy (non-hydrogen) atoms. The molecule has 0 bridgehead atoms. The number of aromatic carboxylic acids is 1. The molecule has 3 aliphatic carbocycles. The first-order valence-electron chi connectivity index (χ1n) is 14.5. The first-order chi connectivity index (χ1) is 21.0. The molecular formula is C33H30Cl3N3O5. The van der Waals surface area contributed by atoms with Gasteiger partial charge in [-0.3, -0.25) is 4.68 Å². The third kappa shape index (κ3) is 4.74. The Morgan fingerprint density at radius 3 is 2.52 bits per heavy atom. The summed E-state index contributed by atoms with van der Waals surface area (Å²) in [6, 6.07) is 11.0. The van der Waals surface area contributed by atoms with E-state index in [9.17, 15) is 15.0 Å². The first kappa shape index (κ1) is 29.4. The average Bonchev–Trinajstić information content (AvgIpc) is 3.65. The van der Waals surface area contributed by atoms with Crippen LogP contribution in [0.5, 0.6) is 0 Å². The molecule has 1 unspecified atom stereocenters. The van der Waals surface area contributed by atoms with Gasteiger partial charge in [-0.2, -0.15) is 5.10 Å². The average molecular weight is 655 g/mol. The molecule has 3 aliphatic rings. The topological polar surface area (TPSA) is 111 Å². The van der Waals surface area contributed by atoms with Gasteiger partial charge in [0.25, 0.3) is 0 Å². The number of halogens is 3. The number of hydrogen-bond donors (Lipinski definition) is 2. The van der Waals surface area contributed by atoms with Gasteiger partial charge in [-0.05, 0) is 73.9 Å². The SMILES string of the molecule is Cn1nc(C(=O)O)c2ccc(C3CC(O)(C4(C)CC=C(OCc5c(-c6c(Cl)cccc6Cl)noc5C5CC5)C=C4Cl)C3)cc21. The maximum absolute atomic E-state index is 11.8. The van der Waals surface area contributed by atoms with Gasteiger partial charge in [-0.25, -0.2) is 4.79 Å². The van der Waals surface area contributed by atoms with Crippen molar-refractivity contribution in [2.24, 2.45) is 12.5 Å². The Morgan fingerprint density at radius 2 is 1.86 bits per heavy atom. The van der Waals surface area contributed by atoms with Crippen molar-refractivity contribution < 1.29 is 24.3 Å². The smallest absolute Gasteiger partial charge is 0.357 e. The van der Waals surface area contributed by atoms with Gasteiger partial charge in [0, 0.05) is 34.4 Å². The van der Waals surface area contributed by atoms with Crippen molar-refractivity contribution in [3.8, 4) is 11.3 Å². The van der Waals surface area contributed by atoms with Gasteiger partial charge in [-0.1, -0.05) is 65.1 Å². The molecule has 2 N–H and O–H groups in total.